The molecule has 1 fully saturated rings. The number of nitrogens with zero attached hydrogens (tertiary/aromatic N) is 1. The molecule has 0 spiro atoms. The first kappa shape index (κ1) is 15.4. The van der Waals surface area contributed by atoms with E-state index in [1.165, 1.54) is 4.31 Å². The summed E-state index contributed by atoms with van der Waals surface area (Å²) in [4.78, 5) is 10.9. The predicted octanol–water partition coefficient (Wildman–Crippen LogP) is -1.70. The molecule has 1 atom stereocenters. The smallest absolute Gasteiger partial charge is 0.369 e. The highest BCUT2D eigenvalue weighted by Crippen LogP contribution is 2.16. The topological polar surface area (TPSA) is 94.1 Å². The molecule has 1 saturated heterocycles. The summed E-state index contributed by atoms with van der Waals surface area (Å²) >= 11 is 0. The molecule has 1 heterocycles. The number of quaternary nitrogens is 1. The Balaban J connectivity index is 2.72. The largest absolute Gasteiger partial charge is 0.544 e. The first-order valence-corrected chi connectivity index (χ1v) is 7.80. The van der Waals surface area contributed by atoms with E-state index in [1.54, 1.807) is 13.8 Å². The molecule has 6 nitrogen and oxygen atoms in total. The Kier molecular flexibility index (Phi) is 5.12. The Morgan fingerprint density at radius 3 is 2.22 bits per heavy atom. The third-order valence-electron chi connectivity index (χ3n) is 3.41. The molecule has 0 saturated carbocycles. The van der Waals surface area contributed by atoms with Gasteiger partial charge in [0.05, 0.1) is 0 Å². The van der Waals surface area contributed by atoms with Crippen LogP contribution < -0.4 is 9.83 Å². The van der Waals surface area contributed by atoms with E-state index in [4.69, 9.17) is 0 Å². The molecule has 106 valence electrons. The number of carbonyl (C=O) groups excluding carboxylic acids is 1. The second-order valence-corrected chi connectivity index (χ2v) is 7.17. The predicted molar refractivity (Wildman–Crippen MR) is 64.4 cm³/mol. The molecule has 0 radical (unpaired) electrons. The van der Waals surface area contributed by atoms with Crippen molar-refractivity contribution in [2.24, 2.45) is 11.8 Å². The Labute approximate surface area is 109 Å². The van der Waals surface area contributed by atoms with Crippen molar-refractivity contribution < 1.29 is 23.0 Å². The van der Waals surface area contributed by atoms with Crippen LogP contribution in [-0.4, -0.2) is 37.8 Å². The minimum Gasteiger partial charge on any atom is -0.544 e. The second-order valence-electron chi connectivity index (χ2n) is 5.35. The van der Waals surface area contributed by atoms with Gasteiger partial charge in [0.15, 0.2) is 0 Å². The highest BCUT2D eigenvalue weighted by molar-refractivity contribution is 7.82. The lowest BCUT2D eigenvalue weighted by molar-refractivity contribution is -0.552. The molecule has 0 aliphatic carbocycles. The highest BCUT2D eigenvalue weighted by atomic mass is 32.2. The van der Waals surface area contributed by atoms with E-state index in [9.17, 15) is 18.3 Å². The number of carboxylic acid groups (broad SMARTS) is 1. The molecule has 1 rings (SSSR count). The van der Waals surface area contributed by atoms with Gasteiger partial charge in [0.2, 0.25) is 0 Å². The monoisotopic (exact) mass is 278 g/mol. The molecule has 2 N–H and O–H groups in total. The first-order valence-electron chi connectivity index (χ1n) is 6.30. The number of carbonyl (C=O) groups is 1. The van der Waals surface area contributed by atoms with Gasteiger partial charge in [0.1, 0.15) is 12.0 Å². The van der Waals surface area contributed by atoms with E-state index in [0.29, 0.717) is 19.0 Å². The maximum atomic E-state index is 12.1. The van der Waals surface area contributed by atoms with Crippen molar-refractivity contribution in [3.05, 3.63) is 0 Å². The van der Waals surface area contributed by atoms with Crippen LogP contribution in [-0.2, 0) is 15.0 Å². The molecular weight excluding hydrogens is 256 g/mol. The molecule has 0 unspecified atom stereocenters. The minimum absolute atomic E-state index is 0.298. The number of aliphatic carboxylic acids is 1. The zero-order chi connectivity index (χ0) is 13.9. The molecule has 7 heteroatoms. The Morgan fingerprint density at radius 2 is 1.83 bits per heavy atom. The summed E-state index contributed by atoms with van der Waals surface area (Å²) in [7, 11) is -3.61. The zero-order valence-corrected chi connectivity index (χ0v) is 11.9. The molecule has 1 aliphatic heterocycles. The molecule has 0 amide bonds. The van der Waals surface area contributed by atoms with Crippen LogP contribution in [0.4, 0.5) is 0 Å². The van der Waals surface area contributed by atoms with Crippen molar-refractivity contribution in [2.45, 2.75) is 39.7 Å². The van der Waals surface area contributed by atoms with E-state index in [1.807, 2.05) is 0 Å². The van der Waals surface area contributed by atoms with Crippen molar-refractivity contribution in [2.75, 3.05) is 13.1 Å². The van der Waals surface area contributed by atoms with Gasteiger partial charge in [0.25, 0.3) is 0 Å². The van der Waals surface area contributed by atoms with Crippen LogP contribution in [0.5, 0.6) is 0 Å². The van der Waals surface area contributed by atoms with Crippen molar-refractivity contribution in [1.29, 1.82) is 0 Å². The van der Waals surface area contributed by atoms with E-state index in [-0.39, 0.29) is 5.92 Å². The number of rotatable bonds is 5. The van der Waals surface area contributed by atoms with Crippen LogP contribution in [0.3, 0.4) is 0 Å². The lowest BCUT2D eigenvalue weighted by Gasteiger charge is -2.29. The summed E-state index contributed by atoms with van der Waals surface area (Å²) in [6, 6.07) is -1.06. The lowest BCUT2D eigenvalue weighted by Crippen LogP contribution is -2.98. The normalized spacial score (nSPS) is 21.1. The van der Waals surface area contributed by atoms with Gasteiger partial charge in [-0.05, 0) is 18.8 Å². The van der Waals surface area contributed by atoms with Gasteiger partial charge in [0, 0.05) is 19.0 Å². The van der Waals surface area contributed by atoms with Gasteiger partial charge >= 0.3 is 10.2 Å². The third-order valence-corrected chi connectivity index (χ3v) is 5.13. The van der Waals surface area contributed by atoms with Crippen molar-refractivity contribution in [3.8, 4) is 0 Å². The Hall–Kier alpha value is -0.660. The van der Waals surface area contributed by atoms with Gasteiger partial charge in [-0.2, -0.15) is 12.7 Å². The minimum atomic E-state index is -3.61. The summed E-state index contributed by atoms with van der Waals surface area (Å²) in [5.41, 5.74) is 0. The molecule has 0 aromatic heterocycles. The summed E-state index contributed by atoms with van der Waals surface area (Å²) in [6.07, 6.45) is 1.65. The number of carboxylic acids is 1. The number of piperidine rings is 1. The van der Waals surface area contributed by atoms with Crippen LogP contribution in [0, 0.1) is 11.8 Å². The summed E-state index contributed by atoms with van der Waals surface area (Å²) in [5.74, 6) is -1.11. The number of nitrogens with two attached hydrogens (primary N) is 1. The van der Waals surface area contributed by atoms with Crippen molar-refractivity contribution >= 4 is 16.2 Å². The van der Waals surface area contributed by atoms with Crippen LogP contribution >= 0.6 is 0 Å². The van der Waals surface area contributed by atoms with Gasteiger partial charge in [-0.25, -0.2) is 4.72 Å². The highest BCUT2D eigenvalue weighted by Gasteiger charge is 2.33. The number of hydrogen-bond donors (Lipinski definition) is 1. The fraction of sp³-hybridized carbons (Fsp3) is 0.909. The van der Waals surface area contributed by atoms with Crippen LogP contribution in [0.2, 0.25) is 0 Å². The van der Waals surface area contributed by atoms with E-state index in [2.05, 4.69) is 6.92 Å². The molecule has 1 aliphatic rings. The molecule has 0 aromatic rings. The van der Waals surface area contributed by atoms with Crippen molar-refractivity contribution in [1.82, 2.24) is 4.31 Å². The Morgan fingerprint density at radius 1 is 1.33 bits per heavy atom. The third kappa shape index (κ3) is 3.93. The fourth-order valence-electron chi connectivity index (χ4n) is 2.00. The summed E-state index contributed by atoms with van der Waals surface area (Å²) in [5, 5.41) is 10.9. The van der Waals surface area contributed by atoms with Crippen LogP contribution in [0.1, 0.15) is 33.6 Å². The molecule has 0 aromatic carbocycles. The van der Waals surface area contributed by atoms with Gasteiger partial charge in [-0.15, -0.1) is 0 Å². The molecular formula is C11H22N2O4S. The number of hydrogen-bond acceptors (Lipinski definition) is 4. The standard InChI is InChI=1S/C11H22N2O4S/c1-8(2)10(11(14)15)12-18(16,17)13-6-4-9(3)5-7-13/h8-10,12H,4-7H2,1-3H3,(H,14,15)/t10-/m0/s1. The fourth-order valence-corrected chi connectivity index (χ4v) is 3.68. The van der Waals surface area contributed by atoms with Gasteiger partial charge in [-0.3, -0.25) is 0 Å². The summed E-state index contributed by atoms with van der Waals surface area (Å²) < 4.78 is 26.5. The van der Waals surface area contributed by atoms with Crippen molar-refractivity contribution in [3.63, 3.8) is 0 Å². The SMILES string of the molecule is CC1CCN(S(=O)(=O)[NH2+][C@H](C(=O)[O-])C(C)C)CC1. The van der Waals surface area contributed by atoms with Crippen LogP contribution in [0.25, 0.3) is 0 Å². The summed E-state index contributed by atoms with van der Waals surface area (Å²) in [6.45, 7) is 6.37. The van der Waals surface area contributed by atoms with E-state index < -0.39 is 22.2 Å². The lowest BCUT2D eigenvalue weighted by atomic mass is 10.0. The van der Waals surface area contributed by atoms with Gasteiger partial charge < -0.3 is 9.90 Å². The molecule has 18 heavy (non-hydrogen) atoms. The first-order chi connectivity index (χ1) is 8.24. The second kappa shape index (κ2) is 5.99. The van der Waals surface area contributed by atoms with Crippen LogP contribution in [0.15, 0.2) is 0 Å². The zero-order valence-electron chi connectivity index (χ0n) is 11.1. The average molecular weight is 278 g/mol. The maximum Gasteiger partial charge on any atom is 0.369 e. The van der Waals surface area contributed by atoms with E-state index in [0.717, 1.165) is 17.6 Å². The quantitative estimate of drug-likeness (QED) is 0.648. The average Bonchev–Trinajstić information content (AvgIpc) is 2.26. The maximum absolute atomic E-state index is 12.1. The van der Waals surface area contributed by atoms with Gasteiger partial charge in [-0.1, -0.05) is 20.8 Å². The Bertz CT molecular complexity index is 386. The van der Waals surface area contributed by atoms with E-state index >= 15 is 0 Å². The molecule has 0 bridgehead atoms.